The van der Waals surface area contributed by atoms with E-state index in [4.69, 9.17) is 5.73 Å². The summed E-state index contributed by atoms with van der Waals surface area (Å²) in [5.41, 5.74) is 7.21. The van der Waals surface area contributed by atoms with Crippen LogP contribution in [0.15, 0.2) is 24.3 Å². The molecule has 0 saturated heterocycles. The smallest absolute Gasteiger partial charge is 0.223 e. The maximum Gasteiger partial charge on any atom is 0.223 e. The lowest BCUT2D eigenvalue weighted by Gasteiger charge is -2.34. The van der Waals surface area contributed by atoms with E-state index in [0.29, 0.717) is 6.54 Å². The van der Waals surface area contributed by atoms with Gasteiger partial charge >= 0.3 is 0 Å². The molecule has 0 aromatic heterocycles. The van der Waals surface area contributed by atoms with Crippen molar-refractivity contribution in [1.82, 2.24) is 10.2 Å². The zero-order valence-electron chi connectivity index (χ0n) is 13.3. The zero-order chi connectivity index (χ0) is 16.0. The summed E-state index contributed by atoms with van der Waals surface area (Å²) < 4.78 is 13.1. The van der Waals surface area contributed by atoms with Gasteiger partial charge in [-0.05, 0) is 31.2 Å². The van der Waals surface area contributed by atoms with Crippen molar-refractivity contribution in [3.63, 3.8) is 0 Å². The van der Waals surface area contributed by atoms with E-state index in [9.17, 15) is 9.18 Å². The number of likely N-dealkylation sites (N-methyl/N-ethyl adjacent to an activating group) is 1. The first-order valence-electron chi connectivity index (χ1n) is 7.33. The Labute approximate surface area is 126 Å². The Morgan fingerprint density at radius 3 is 2.43 bits per heavy atom. The molecular formula is C16H26FN3O. The molecule has 1 aromatic carbocycles. The summed E-state index contributed by atoms with van der Waals surface area (Å²) in [5.74, 6) is -0.388. The van der Waals surface area contributed by atoms with Crippen LogP contribution >= 0.6 is 0 Å². The van der Waals surface area contributed by atoms with Gasteiger partial charge in [-0.25, -0.2) is 4.39 Å². The van der Waals surface area contributed by atoms with Crippen molar-refractivity contribution < 1.29 is 9.18 Å². The molecule has 0 aliphatic rings. The van der Waals surface area contributed by atoms with Crippen LogP contribution in [-0.4, -0.2) is 37.5 Å². The lowest BCUT2D eigenvalue weighted by atomic mass is 9.95. The predicted octanol–water partition coefficient (Wildman–Crippen LogP) is 1.92. The molecule has 4 nitrogen and oxygen atoms in total. The number of carbonyl (C=O) groups is 1. The highest BCUT2D eigenvalue weighted by atomic mass is 19.1. The number of nitrogens with two attached hydrogens (primary N) is 1. The first-order valence-corrected chi connectivity index (χ1v) is 7.33. The quantitative estimate of drug-likeness (QED) is 0.808. The van der Waals surface area contributed by atoms with Crippen molar-refractivity contribution >= 4 is 5.91 Å². The normalized spacial score (nSPS) is 15.6. The van der Waals surface area contributed by atoms with Crippen LogP contribution in [0.5, 0.6) is 0 Å². The molecule has 1 amide bonds. The van der Waals surface area contributed by atoms with Crippen molar-refractivity contribution in [3.8, 4) is 0 Å². The number of amides is 1. The van der Waals surface area contributed by atoms with E-state index in [1.165, 1.54) is 12.1 Å². The molecule has 0 radical (unpaired) electrons. The number of benzene rings is 1. The van der Waals surface area contributed by atoms with Gasteiger partial charge in [0.25, 0.3) is 0 Å². The first-order chi connectivity index (χ1) is 9.90. The molecule has 1 aromatic rings. The van der Waals surface area contributed by atoms with E-state index >= 15 is 0 Å². The number of rotatable bonds is 7. The Morgan fingerprint density at radius 2 is 1.95 bits per heavy atom. The highest BCUT2D eigenvalue weighted by Gasteiger charge is 2.25. The van der Waals surface area contributed by atoms with Gasteiger partial charge in [-0.3, -0.25) is 9.69 Å². The second-order valence-electron chi connectivity index (χ2n) is 5.52. The Bertz CT molecular complexity index is 449. The minimum Gasteiger partial charge on any atom is -0.359 e. The number of halogens is 1. The van der Waals surface area contributed by atoms with Gasteiger partial charge in [-0.15, -0.1) is 0 Å². The van der Waals surface area contributed by atoms with Gasteiger partial charge in [0.05, 0.1) is 0 Å². The fourth-order valence-corrected chi connectivity index (χ4v) is 2.59. The molecular weight excluding hydrogens is 269 g/mol. The molecule has 0 aliphatic heterocycles. The molecule has 0 spiro atoms. The summed E-state index contributed by atoms with van der Waals surface area (Å²) in [6.07, 6.45) is 0.806. The number of hydrogen-bond acceptors (Lipinski definition) is 3. The highest BCUT2D eigenvalue weighted by molar-refractivity contribution is 5.78. The Hall–Kier alpha value is -1.46. The summed E-state index contributed by atoms with van der Waals surface area (Å²) in [7, 11) is 3.58. The van der Waals surface area contributed by atoms with Gasteiger partial charge in [-0.2, -0.15) is 0 Å². The predicted molar refractivity (Wildman–Crippen MR) is 83.3 cm³/mol. The second-order valence-corrected chi connectivity index (χ2v) is 5.52. The fourth-order valence-electron chi connectivity index (χ4n) is 2.59. The minimum absolute atomic E-state index is 0.00442. The molecule has 0 saturated carbocycles. The van der Waals surface area contributed by atoms with Crippen LogP contribution in [0, 0.1) is 11.7 Å². The third kappa shape index (κ3) is 4.79. The van der Waals surface area contributed by atoms with E-state index in [0.717, 1.165) is 12.0 Å². The summed E-state index contributed by atoms with van der Waals surface area (Å²) in [5, 5.41) is 2.65. The van der Waals surface area contributed by atoms with Crippen LogP contribution in [0.1, 0.15) is 31.9 Å². The van der Waals surface area contributed by atoms with Gasteiger partial charge in [0.15, 0.2) is 0 Å². The third-order valence-corrected chi connectivity index (χ3v) is 3.82. The average molecular weight is 295 g/mol. The van der Waals surface area contributed by atoms with Crippen LogP contribution in [-0.2, 0) is 4.79 Å². The Kier molecular flexibility index (Phi) is 6.78. The lowest BCUT2D eigenvalue weighted by molar-refractivity contribution is -0.124. The second kappa shape index (κ2) is 8.10. The molecule has 0 aliphatic carbocycles. The summed E-state index contributed by atoms with van der Waals surface area (Å²) in [6, 6.07) is 6.30. The topological polar surface area (TPSA) is 58.4 Å². The molecule has 3 N–H and O–H groups in total. The highest BCUT2D eigenvalue weighted by Crippen LogP contribution is 2.25. The summed E-state index contributed by atoms with van der Waals surface area (Å²) >= 11 is 0. The van der Waals surface area contributed by atoms with Gasteiger partial charge in [-0.1, -0.05) is 26.0 Å². The van der Waals surface area contributed by atoms with Gasteiger partial charge in [0.2, 0.25) is 5.91 Å². The zero-order valence-corrected chi connectivity index (χ0v) is 13.3. The Balaban J connectivity index is 2.92. The number of carbonyl (C=O) groups excluding carboxylic acids is 1. The van der Waals surface area contributed by atoms with E-state index < -0.39 is 0 Å². The van der Waals surface area contributed by atoms with Crippen molar-refractivity contribution in [1.29, 1.82) is 0 Å². The SMILES string of the molecule is CCC(N)C(c1ccc(F)cc1)N(C)CC(C)C(=O)NC. The minimum atomic E-state index is -0.260. The van der Waals surface area contributed by atoms with E-state index in [1.807, 2.05) is 20.9 Å². The molecule has 3 unspecified atom stereocenters. The largest absolute Gasteiger partial charge is 0.359 e. The molecule has 1 rings (SSSR count). The molecule has 0 heterocycles. The maximum atomic E-state index is 13.1. The monoisotopic (exact) mass is 295 g/mol. The van der Waals surface area contributed by atoms with Gasteiger partial charge in [0.1, 0.15) is 5.82 Å². The van der Waals surface area contributed by atoms with E-state index in [2.05, 4.69) is 10.2 Å². The maximum absolute atomic E-state index is 13.1. The van der Waals surface area contributed by atoms with Crippen molar-refractivity contribution in [3.05, 3.63) is 35.6 Å². The molecule has 0 bridgehead atoms. The van der Waals surface area contributed by atoms with E-state index in [-0.39, 0.29) is 29.7 Å². The lowest BCUT2D eigenvalue weighted by Crippen LogP contribution is -2.42. The van der Waals surface area contributed by atoms with Crippen molar-refractivity contribution in [2.45, 2.75) is 32.4 Å². The van der Waals surface area contributed by atoms with Crippen LogP contribution < -0.4 is 11.1 Å². The summed E-state index contributed by atoms with van der Waals surface area (Å²) in [6.45, 7) is 4.50. The first kappa shape index (κ1) is 17.6. The van der Waals surface area contributed by atoms with Crippen molar-refractivity contribution in [2.75, 3.05) is 20.6 Å². The van der Waals surface area contributed by atoms with Gasteiger partial charge in [0, 0.05) is 31.6 Å². The third-order valence-electron chi connectivity index (χ3n) is 3.82. The molecule has 21 heavy (non-hydrogen) atoms. The van der Waals surface area contributed by atoms with Gasteiger partial charge < -0.3 is 11.1 Å². The number of nitrogens with one attached hydrogen (secondary N) is 1. The van der Waals surface area contributed by atoms with E-state index in [1.54, 1.807) is 19.2 Å². The molecule has 5 heteroatoms. The average Bonchev–Trinajstić information content (AvgIpc) is 2.48. The Morgan fingerprint density at radius 1 is 1.38 bits per heavy atom. The van der Waals surface area contributed by atoms with Crippen LogP contribution in [0.25, 0.3) is 0 Å². The molecule has 3 atom stereocenters. The number of hydrogen-bond donors (Lipinski definition) is 2. The molecule has 0 fully saturated rings. The van der Waals surface area contributed by atoms with Crippen LogP contribution in [0.3, 0.4) is 0 Å². The summed E-state index contributed by atoms with van der Waals surface area (Å²) in [4.78, 5) is 13.7. The fraction of sp³-hybridized carbons (Fsp3) is 0.562. The molecule has 118 valence electrons. The van der Waals surface area contributed by atoms with Crippen LogP contribution in [0.4, 0.5) is 4.39 Å². The van der Waals surface area contributed by atoms with Crippen LogP contribution in [0.2, 0.25) is 0 Å². The van der Waals surface area contributed by atoms with Crippen molar-refractivity contribution in [2.24, 2.45) is 11.7 Å². The number of nitrogens with zero attached hydrogens (tertiary/aromatic N) is 1. The standard InChI is InChI=1S/C16H26FN3O/c1-5-14(18)15(12-6-8-13(17)9-7-12)20(4)10-11(2)16(21)19-3/h6-9,11,14-15H,5,10,18H2,1-4H3,(H,19,21).